The molecule has 0 atom stereocenters. The van der Waals surface area contributed by atoms with Gasteiger partial charge in [0.25, 0.3) is 0 Å². The van der Waals surface area contributed by atoms with Crippen LogP contribution in [0.1, 0.15) is 19.8 Å². The Morgan fingerprint density at radius 1 is 1.20 bits per heavy atom. The smallest absolute Gasteiger partial charge is 0.146 e. The Bertz CT molecular complexity index is 189. The van der Waals surface area contributed by atoms with E-state index in [1.54, 1.807) is 0 Å². The molecule has 1 fully saturated rings. The van der Waals surface area contributed by atoms with E-state index >= 15 is 0 Å². The van der Waals surface area contributed by atoms with Gasteiger partial charge in [0.05, 0.1) is 13.2 Å². The van der Waals surface area contributed by atoms with Crippen LogP contribution in [0.3, 0.4) is 0 Å². The minimum Gasteiger partial charge on any atom is -0.395 e. The van der Waals surface area contributed by atoms with E-state index in [4.69, 9.17) is 5.11 Å². The molecule has 1 rings (SSSR count). The zero-order valence-electron chi connectivity index (χ0n) is 9.61. The molecular weight excluding hydrogens is 192 g/mol. The number of hydrogen-bond donors (Lipinski definition) is 1. The fourth-order valence-electron chi connectivity index (χ4n) is 1.92. The Hall–Kier alpha value is -0.450. The summed E-state index contributed by atoms with van der Waals surface area (Å²) in [5.41, 5.74) is 0. The van der Waals surface area contributed by atoms with Gasteiger partial charge in [0, 0.05) is 39.1 Å². The zero-order chi connectivity index (χ0) is 11.1. The number of nitrogens with zero attached hydrogens (tertiary/aromatic N) is 2. The number of rotatable bonds is 6. The molecule has 0 aromatic rings. The van der Waals surface area contributed by atoms with Gasteiger partial charge >= 0.3 is 0 Å². The van der Waals surface area contributed by atoms with Gasteiger partial charge in [-0.25, -0.2) is 0 Å². The summed E-state index contributed by atoms with van der Waals surface area (Å²) >= 11 is 0. The first kappa shape index (κ1) is 12.6. The molecule has 88 valence electrons. The number of carbonyl (C=O) groups excluding carboxylic acids is 1. The van der Waals surface area contributed by atoms with Crippen LogP contribution in [-0.2, 0) is 4.79 Å². The second kappa shape index (κ2) is 6.93. The van der Waals surface area contributed by atoms with E-state index in [1.807, 2.05) is 6.92 Å². The largest absolute Gasteiger partial charge is 0.395 e. The fraction of sp³-hybridized carbons (Fsp3) is 0.909. The predicted octanol–water partition coefficient (Wildman–Crippen LogP) is -0.0345. The summed E-state index contributed by atoms with van der Waals surface area (Å²) < 4.78 is 0. The Balaban J connectivity index is 2.16. The van der Waals surface area contributed by atoms with Crippen molar-refractivity contribution in [2.75, 3.05) is 45.9 Å². The first-order valence-electron chi connectivity index (χ1n) is 5.83. The van der Waals surface area contributed by atoms with Gasteiger partial charge in [-0.1, -0.05) is 6.92 Å². The molecule has 0 aromatic heterocycles. The second-order valence-corrected chi connectivity index (χ2v) is 4.13. The Morgan fingerprint density at radius 2 is 1.80 bits per heavy atom. The molecule has 4 nitrogen and oxygen atoms in total. The molecule has 0 radical (unpaired) electrons. The number of β-amino-alcohol motifs (C(OH)–C–C–N with tert-alkyl or cyclic N) is 1. The summed E-state index contributed by atoms with van der Waals surface area (Å²) in [5, 5.41) is 8.79. The molecule has 15 heavy (non-hydrogen) atoms. The van der Waals surface area contributed by atoms with Crippen molar-refractivity contribution in [3.05, 3.63) is 0 Å². The van der Waals surface area contributed by atoms with E-state index in [1.165, 1.54) is 0 Å². The third-order valence-corrected chi connectivity index (χ3v) is 2.81. The lowest BCUT2D eigenvalue weighted by atomic mass is 10.2. The first-order valence-corrected chi connectivity index (χ1v) is 5.83. The van der Waals surface area contributed by atoms with Gasteiger partial charge < -0.3 is 5.11 Å². The van der Waals surface area contributed by atoms with Crippen molar-refractivity contribution in [3.63, 3.8) is 0 Å². The van der Waals surface area contributed by atoms with Crippen molar-refractivity contribution >= 4 is 5.78 Å². The Morgan fingerprint density at radius 3 is 2.33 bits per heavy atom. The summed E-state index contributed by atoms with van der Waals surface area (Å²) in [7, 11) is 0. The molecule has 0 aromatic carbocycles. The summed E-state index contributed by atoms with van der Waals surface area (Å²) in [6.45, 7) is 7.49. The van der Waals surface area contributed by atoms with Gasteiger partial charge in [-0.3, -0.25) is 14.6 Å². The summed E-state index contributed by atoms with van der Waals surface area (Å²) in [6.07, 6.45) is 1.65. The normalized spacial score (nSPS) is 19.3. The van der Waals surface area contributed by atoms with E-state index in [0.29, 0.717) is 18.7 Å². The Labute approximate surface area is 91.9 Å². The van der Waals surface area contributed by atoms with Gasteiger partial charge in [-0.2, -0.15) is 0 Å². The molecule has 1 aliphatic heterocycles. The molecule has 1 N–H and O–H groups in total. The predicted molar refractivity (Wildman–Crippen MR) is 59.9 cm³/mol. The molecule has 0 amide bonds. The quantitative estimate of drug-likeness (QED) is 0.674. The van der Waals surface area contributed by atoms with Crippen LogP contribution >= 0.6 is 0 Å². The van der Waals surface area contributed by atoms with Crippen LogP contribution in [0, 0.1) is 0 Å². The van der Waals surface area contributed by atoms with Crippen molar-refractivity contribution in [1.29, 1.82) is 0 Å². The minimum absolute atomic E-state index is 0.231. The van der Waals surface area contributed by atoms with Crippen LogP contribution in [0.15, 0.2) is 0 Å². The highest BCUT2D eigenvalue weighted by atomic mass is 16.3. The van der Waals surface area contributed by atoms with Crippen molar-refractivity contribution < 1.29 is 9.90 Å². The van der Waals surface area contributed by atoms with Crippen LogP contribution in [0.2, 0.25) is 0 Å². The lowest BCUT2D eigenvalue weighted by Crippen LogP contribution is -2.48. The number of aliphatic hydroxyl groups excluding tert-OH is 1. The number of hydrogen-bond acceptors (Lipinski definition) is 4. The molecule has 1 saturated heterocycles. The lowest BCUT2D eigenvalue weighted by molar-refractivity contribution is -0.120. The van der Waals surface area contributed by atoms with E-state index in [-0.39, 0.29) is 6.61 Å². The van der Waals surface area contributed by atoms with Crippen LogP contribution in [0.25, 0.3) is 0 Å². The van der Waals surface area contributed by atoms with Crippen molar-refractivity contribution in [1.82, 2.24) is 9.80 Å². The lowest BCUT2D eigenvalue weighted by Gasteiger charge is -2.33. The van der Waals surface area contributed by atoms with Crippen molar-refractivity contribution in [3.8, 4) is 0 Å². The molecule has 4 heteroatoms. The number of aliphatic hydroxyl groups is 1. The van der Waals surface area contributed by atoms with E-state index < -0.39 is 0 Å². The fourth-order valence-corrected chi connectivity index (χ4v) is 1.92. The van der Waals surface area contributed by atoms with Crippen LogP contribution in [0.4, 0.5) is 0 Å². The number of carbonyl (C=O) groups is 1. The minimum atomic E-state index is 0.231. The van der Waals surface area contributed by atoms with Crippen LogP contribution in [-0.4, -0.2) is 66.6 Å². The first-order chi connectivity index (χ1) is 7.26. The van der Waals surface area contributed by atoms with E-state index in [2.05, 4.69) is 9.80 Å². The molecule has 0 saturated carbocycles. The summed E-state index contributed by atoms with van der Waals surface area (Å²) in [4.78, 5) is 15.9. The molecule has 0 spiro atoms. The van der Waals surface area contributed by atoms with Gasteiger partial charge in [-0.15, -0.1) is 0 Å². The maximum atomic E-state index is 11.4. The van der Waals surface area contributed by atoms with Gasteiger partial charge in [0.1, 0.15) is 5.78 Å². The van der Waals surface area contributed by atoms with Gasteiger partial charge in [-0.05, 0) is 6.42 Å². The molecular formula is C11H22N2O2. The number of Topliss-reactive ketones (excluding diaryl/α,β-unsaturated/α-hetero) is 1. The molecule has 0 bridgehead atoms. The van der Waals surface area contributed by atoms with Crippen LogP contribution in [0.5, 0.6) is 0 Å². The monoisotopic (exact) mass is 214 g/mol. The molecule has 0 unspecified atom stereocenters. The van der Waals surface area contributed by atoms with Crippen molar-refractivity contribution in [2.24, 2.45) is 0 Å². The highest BCUT2D eigenvalue weighted by Gasteiger charge is 2.17. The molecule has 1 aliphatic rings. The van der Waals surface area contributed by atoms with Gasteiger partial charge in [0.2, 0.25) is 0 Å². The zero-order valence-corrected chi connectivity index (χ0v) is 9.61. The summed E-state index contributed by atoms with van der Waals surface area (Å²) in [5.74, 6) is 0.355. The standard InChI is InChI=1S/C11H22N2O2/c1-2-3-11(15)10-13-6-4-12(5-7-13)8-9-14/h14H,2-10H2,1H3. The Kier molecular flexibility index (Phi) is 5.83. The third-order valence-electron chi connectivity index (χ3n) is 2.81. The average molecular weight is 214 g/mol. The SMILES string of the molecule is CCCC(=O)CN1CCN(CCO)CC1. The maximum Gasteiger partial charge on any atom is 0.146 e. The van der Waals surface area contributed by atoms with E-state index in [0.717, 1.165) is 39.1 Å². The maximum absolute atomic E-state index is 11.4. The highest BCUT2D eigenvalue weighted by Crippen LogP contribution is 2.02. The molecule has 1 heterocycles. The van der Waals surface area contributed by atoms with Crippen LogP contribution < -0.4 is 0 Å². The number of piperazine rings is 1. The highest BCUT2D eigenvalue weighted by molar-refractivity contribution is 5.80. The third kappa shape index (κ3) is 4.73. The number of ketones is 1. The van der Waals surface area contributed by atoms with Crippen molar-refractivity contribution in [2.45, 2.75) is 19.8 Å². The average Bonchev–Trinajstić information content (AvgIpc) is 2.22. The van der Waals surface area contributed by atoms with Gasteiger partial charge in [0.15, 0.2) is 0 Å². The topological polar surface area (TPSA) is 43.8 Å². The second-order valence-electron chi connectivity index (χ2n) is 4.13. The van der Waals surface area contributed by atoms with E-state index in [9.17, 15) is 4.79 Å². The molecule has 0 aliphatic carbocycles. The summed E-state index contributed by atoms with van der Waals surface area (Å²) in [6, 6.07) is 0.